The summed E-state index contributed by atoms with van der Waals surface area (Å²) in [5.74, 6) is 2.29. The van der Waals surface area contributed by atoms with Crippen LogP contribution in [0.2, 0.25) is 0 Å². The highest BCUT2D eigenvalue weighted by Gasteiger charge is 2.28. The van der Waals surface area contributed by atoms with Gasteiger partial charge in [0.15, 0.2) is 0 Å². The summed E-state index contributed by atoms with van der Waals surface area (Å²) < 4.78 is 35.5. The van der Waals surface area contributed by atoms with Gasteiger partial charge in [-0.3, -0.25) is 0 Å². The minimum absolute atomic E-state index is 0.163. The topological polar surface area (TPSA) is 55.4 Å². The van der Waals surface area contributed by atoms with Gasteiger partial charge >= 0.3 is 0 Å². The Morgan fingerprint density at radius 1 is 0.388 bits per heavy atom. The van der Waals surface area contributed by atoms with E-state index in [4.69, 9.17) is 28.4 Å². The van der Waals surface area contributed by atoms with Crippen LogP contribution in [0.5, 0.6) is 17.2 Å². The van der Waals surface area contributed by atoms with Crippen LogP contribution in [0.1, 0.15) is 67.9 Å². The van der Waals surface area contributed by atoms with Gasteiger partial charge in [-0.2, -0.15) is 0 Å². The van der Waals surface area contributed by atoms with Crippen molar-refractivity contribution >= 4 is 0 Å². The summed E-state index contributed by atoms with van der Waals surface area (Å²) in [7, 11) is 5.04. The van der Waals surface area contributed by atoms with Crippen LogP contribution in [0.25, 0.3) is 33.4 Å². The van der Waals surface area contributed by atoms with E-state index < -0.39 is 0 Å². The average molecular weight is 669 g/mol. The molecule has 3 atom stereocenters. The lowest BCUT2D eigenvalue weighted by Gasteiger charge is -2.29. The van der Waals surface area contributed by atoms with Crippen LogP contribution in [-0.2, 0) is 14.2 Å². The molecular formula is C43H56O6. The zero-order valence-corrected chi connectivity index (χ0v) is 31.8. The van der Waals surface area contributed by atoms with E-state index in [0.29, 0.717) is 0 Å². The molecule has 6 nitrogen and oxygen atoms in total. The van der Waals surface area contributed by atoms with Crippen LogP contribution in [-0.4, -0.2) is 40.2 Å². The normalized spacial score (nSPS) is 14.2. The molecule has 49 heavy (non-hydrogen) atoms. The van der Waals surface area contributed by atoms with Crippen molar-refractivity contribution in [2.75, 3.05) is 21.3 Å². The zero-order valence-electron chi connectivity index (χ0n) is 31.8. The van der Waals surface area contributed by atoms with E-state index >= 15 is 0 Å². The SMILES string of the molecule is COC(Oc1ccc(-c2cc(-c3ccc(OC(OC)C(C)(C)C)cc3)c(C)c(-c3ccc(OC(OC)C(C)(C)C)cc3)c2)cc1)C(C)(C)C. The van der Waals surface area contributed by atoms with Crippen molar-refractivity contribution in [2.45, 2.75) is 88.1 Å². The van der Waals surface area contributed by atoms with E-state index in [1.807, 2.05) is 36.4 Å². The van der Waals surface area contributed by atoms with Crippen molar-refractivity contribution in [1.82, 2.24) is 0 Å². The molecule has 0 N–H and O–H groups in total. The minimum Gasteiger partial charge on any atom is -0.464 e. The third kappa shape index (κ3) is 9.66. The number of benzene rings is 4. The second-order valence-electron chi connectivity index (χ2n) is 15.9. The largest absolute Gasteiger partial charge is 0.464 e. The molecule has 0 radical (unpaired) electrons. The van der Waals surface area contributed by atoms with Gasteiger partial charge in [0, 0.05) is 37.6 Å². The Balaban J connectivity index is 1.75. The Labute approximate surface area is 294 Å². The molecular weight excluding hydrogens is 612 g/mol. The number of rotatable bonds is 12. The molecule has 0 bridgehead atoms. The third-order valence-corrected chi connectivity index (χ3v) is 8.42. The predicted molar refractivity (Wildman–Crippen MR) is 200 cm³/mol. The highest BCUT2D eigenvalue weighted by atomic mass is 16.7. The number of methoxy groups -OCH3 is 3. The smallest absolute Gasteiger partial charge is 0.204 e. The highest BCUT2D eigenvalue weighted by Crippen LogP contribution is 2.39. The average Bonchev–Trinajstić information content (AvgIpc) is 3.04. The maximum Gasteiger partial charge on any atom is 0.204 e. The van der Waals surface area contributed by atoms with Crippen LogP contribution in [0.15, 0.2) is 84.9 Å². The van der Waals surface area contributed by atoms with Crippen molar-refractivity contribution in [3.05, 3.63) is 90.5 Å². The highest BCUT2D eigenvalue weighted by molar-refractivity contribution is 5.85. The fraction of sp³-hybridized carbons (Fsp3) is 0.442. The van der Waals surface area contributed by atoms with Crippen LogP contribution in [0.4, 0.5) is 0 Å². The molecule has 0 aliphatic carbocycles. The van der Waals surface area contributed by atoms with Crippen LogP contribution in [0, 0.1) is 23.2 Å². The van der Waals surface area contributed by atoms with Crippen molar-refractivity contribution < 1.29 is 28.4 Å². The maximum atomic E-state index is 6.21. The number of hydrogen-bond acceptors (Lipinski definition) is 6. The maximum absolute atomic E-state index is 6.21. The molecule has 0 spiro atoms. The van der Waals surface area contributed by atoms with Crippen LogP contribution < -0.4 is 14.2 Å². The summed E-state index contributed by atoms with van der Waals surface area (Å²) in [6, 6.07) is 29.3. The summed E-state index contributed by atoms with van der Waals surface area (Å²) in [4.78, 5) is 0. The van der Waals surface area contributed by atoms with Gasteiger partial charge in [0.25, 0.3) is 0 Å². The lowest BCUT2D eigenvalue weighted by Crippen LogP contribution is -2.33. The van der Waals surface area contributed by atoms with Crippen LogP contribution in [0.3, 0.4) is 0 Å². The van der Waals surface area contributed by atoms with E-state index in [0.717, 1.165) is 50.6 Å². The monoisotopic (exact) mass is 668 g/mol. The van der Waals surface area contributed by atoms with Crippen molar-refractivity contribution in [1.29, 1.82) is 0 Å². The molecule has 4 aromatic carbocycles. The Hall–Kier alpha value is -3.84. The van der Waals surface area contributed by atoms with Gasteiger partial charge in [0.05, 0.1) is 0 Å². The number of hydrogen-bond donors (Lipinski definition) is 0. The fourth-order valence-electron chi connectivity index (χ4n) is 5.74. The summed E-state index contributed by atoms with van der Waals surface area (Å²) in [6.45, 7) is 21.1. The molecule has 3 unspecified atom stereocenters. The first-order chi connectivity index (χ1) is 22.9. The van der Waals surface area contributed by atoms with E-state index in [1.54, 1.807) is 21.3 Å². The summed E-state index contributed by atoms with van der Waals surface area (Å²) in [5.41, 5.74) is 7.33. The third-order valence-electron chi connectivity index (χ3n) is 8.42. The molecule has 0 saturated heterocycles. The molecule has 0 aliphatic rings. The van der Waals surface area contributed by atoms with E-state index in [2.05, 4.69) is 118 Å². The van der Waals surface area contributed by atoms with Crippen LogP contribution >= 0.6 is 0 Å². The second kappa shape index (κ2) is 15.4. The molecule has 0 saturated carbocycles. The molecule has 0 fully saturated rings. The van der Waals surface area contributed by atoms with Crippen molar-refractivity contribution in [2.24, 2.45) is 16.2 Å². The molecule has 0 amide bonds. The molecule has 6 heteroatoms. The summed E-state index contributed by atoms with van der Waals surface area (Å²) >= 11 is 0. The molecule has 0 heterocycles. The molecule has 4 aromatic rings. The van der Waals surface area contributed by atoms with Gasteiger partial charge < -0.3 is 28.4 Å². The Morgan fingerprint density at radius 2 is 0.653 bits per heavy atom. The summed E-state index contributed by atoms with van der Waals surface area (Å²) in [6.07, 6.45) is -1.09. The fourth-order valence-corrected chi connectivity index (χ4v) is 5.74. The molecule has 0 aliphatic heterocycles. The van der Waals surface area contributed by atoms with Crippen molar-refractivity contribution in [3.8, 4) is 50.6 Å². The standard InChI is InChI=1S/C43H56O6/c1-28-36(30-16-22-34(23-17-30)48-39(45-12)42(5,6)7)26-32(29-14-20-33(21-15-29)47-38(44-11)41(2,3)4)27-37(28)31-18-24-35(25-19-31)49-40(46-13)43(8,9)10/h14-27,38-40H,1-13H3. The second-order valence-corrected chi connectivity index (χ2v) is 15.9. The first kappa shape index (κ1) is 38.0. The Kier molecular flexibility index (Phi) is 11.9. The van der Waals surface area contributed by atoms with E-state index in [1.165, 1.54) is 5.56 Å². The predicted octanol–water partition coefficient (Wildman–Crippen LogP) is 11.2. The van der Waals surface area contributed by atoms with Gasteiger partial charge in [-0.05, 0) is 94.4 Å². The quantitative estimate of drug-likeness (QED) is 0.140. The summed E-state index contributed by atoms with van der Waals surface area (Å²) in [5, 5.41) is 0. The minimum atomic E-state index is -0.362. The van der Waals surface area contributed by atoms with Gasteiger partial charge in [-0.25, -0.2) is 0 Å². The Morgan fingerprint density at radius 3 is 0.898 bits per heavy atom. The molecule has 4 rings (SSSR count). The first-order valence-corrected chi connectivity index (χ1v) is 17.0. The zero-order chi connectivity index (χ0) is 36.1. The van der Waals surface area contributed by atoms with Gasteiger partial charge in [0.1, 0.15) is 17.2 Å². The first-order valence-electron chi connectivity index (χ1n) is 17.0. The molecule has 264 valence electrons. The van der Waals surface area contributed by atoms with Gasteiger partial charge in [-0.1, -0.05) is 98.7 Å². The lowest BCUT2D eigenvalue weighted by molar-refractivity contribution is -0.120. The van der Waals surface area contributed by atoms with Gasteiger partial charge in [0.2, 0.25) is 18.9 Å². The van der Waals surface area contributed by atoms with E-state index in [9.17, 15) is 0 Å². The van der Waals surface area contributed by atoms with Gasteiger partial charge in [-0.15, -0.1) is 0 Å². The number of ether oxygens (including phenoxy) is 6. The lowest BCUT2D eigenvalue weighted by atomic mass is 9.88. The van der Waals surface area contributed by atoms with Crippen molar-refractivity contribution in [3.63, 3.8) is 0 Å². The molecule has 0 aromatic heterocycles. The van der Waals surface area contributed by atoms with E-state index in [-0.39, 0.29) is 35.1 Å². The Bertz CT molecular complexity index is 1550.